The standard InChI is InChI=1S/C10H7BrF2S/c1-5-3-2-4-6-7(11)9(10(12)13)14-8(5)6/h2-4,10H,1H3. The van der Waals surface area contributed by atoms with Gasteiger partial charge < -0.3 is 0 Å². The van der Waals surface area contributed by atoms with E-state index in [9.17, 15) is 8.78 Å². The van der Waals surface area contributed by atoms with E-state index >= 15 is 0 Å². The van der Waals surface area contributed by atoms with E-state index in [0.717, 1.165) is 27.0 Å². The number of alkyl halides is 2. The molecule has 0 fully saturated rings. The molecule has 0 aliphatic heterocycles. The first kappa shape index (κ1) is 10.1. The summed E-state index contributed by atoms with van der Waals surface area (Å²) in [5.74, 6) is 0. The monoisotopic (exact) mass is 276 g/mol. The van der Waals surface area contributed by atoms with Gasteiger partial charge in [-0.1, -0.05) is 18.2 Å². The number of aryl methyl sites for hydroxylation is 1. The van der Waals surface area contributed by atoms with Gasteiger partial charge in [0.2, 0.25) is 0 Å². The summed E-state index contributed by atoms with van der Waals surface area (Å²) in [6.07, 6.45) is -2.40. The fraction of sp³-hybridized carbons (Fsp3) is 0.200. The van der Waals surface area contributed by atoms with Crippen LogP contribution < -0.4 is 0 Å². The van der Waals surface area contributed by atoms with Crippen LogP contribution in [0.15, 0.2) is 22.7 Å². The molecule has 2 aromatic rings. The lowest BCUT2D eigenvalue weighted by molar-refractivity contribution is 0.155. The third-order valence-corrected chi connectivity index (χ3v) is 4.54. The van der Waals surface area contributed by atoms with Crippen molar-refractivity contribution in [2.24, 2.45) is 0 Å². The van der Waals surface area contributed by atoms with E-state index in [1.807, 2.05) is 25.1 Å². The van der Waals surface area contributed by atoms with Gasteiger partial charge in [-0.2, -0.15) is 0 Å². The Kier molecular flexibility index (Phi) is 2.58. The van der Waals surface area contributed by atoms with Crippen LogP contribution in [0.2, 0.25) is 0 Å². The van der Waals surface area contributed by atoms with Crippen molar-refractivity contribution in [3.8, 4) is 0 Å². The summed E-state index contributed by atoms with van der Waals surface area (Å²) < 4.78 is 26.6. The first-order chi connectivity index (χ1) is 6.61. The smallest absolute Gasteiger partial charge is 0.204 e. The molecule has 14 heavy (non-hydrogen) atoms. The van der Waals surface area contributed by atoms with Crippen LogP contribution in [0.25, 0.3) is 10.1 Å². The first-order valence-electron chi connectivity index (χ1n) is 4.07. The average molecular weight is 277 g/mol. The van der Waals surface area contributed by atoms with E-state index in [1.54, 1.807) is 0 Å². The Bertz CT molecular complexity index is 476. The molecular formula is C10H7BrF2S. The molecule has 0 spiro atoms. The maximum absolute atomic E-state index is 12.6. The molecule has 0 atom stereocenters. The van der Waals surface area contributed by atoms with Crippen molar-refractivity contribution in [1.29, 1.82) is 0 Å². The largest absolute Gasteiger partial charge is 0.273 e. The molecular weight excluding hydrogens is 270 g/mol. The lowest BCUT2D eigenvalue weighted by atomic mass is 10.2. The zero-order chi connectivity index (χ0) is 10.3. The molecule has 4 heteroatoms. The molecule has 0 aliphatic carbocycles. The molecule has 74 valence electrons. The van der Waals surface area contributed by atoms with Gasteiger partial charge in [-0.05, 0) is 28.4 Å². The van der Waals surface area contributed by atoms with Crippen LogP contribution in [0.3, 0.4) is 0 Å². The van der Waals surface area contributed by atoms with Crippen molar-refractivity contribution in [2.75, 3.05) is 0 Å². The Morgan fingerprint density at radius 3 is 2.64 bits per heavy atom. The molecule has 0 radical (unpaired) electrons. The normalized spacial score (nSPS) is 11.5. The molecule has 1 aromatic heterocycles. The SMILES string of the molecule is Cc1cccc2c(Br)c(C(F)F)sc12. The third kappa shape index (κ3) is 1.46. The predicted molar refractivity (Wildman–Crippen MR) is 59.2 cm³/mol. The maximum Gasteiger partial charge on any atom is 0.273 e. The highest BCUT2D eigenvalue weighted by molar-refractivity contribution is 9.10. The first-order valence-corrected chi connectivity index (χ1v) is 5.68. The van der Waals surface area contributed by atoms with E-state index < -0.39 is 6.43 Å². The highest BCUT2D eigenvalue weighted by atomic mass is 79.9. The number of hydrogen-bond donors (Lipinski definition) is 0. The Morgan fingerprint density at radius 2 is 2.07 bits per heavy atom. The second kappa shape index (κ2) is 3.59. The highest BCUT2D eigenvalue weighted by Crippen LogP contribution is 2.41. The summed E-state index contributed by atoms with van der Waals surface area (Å²) in [6, 6.07) is 5.67. The zero-order valence-corrected chi connectivity index (χ0v) is 9.75. The number of rotatable bonds is 1. The molecule has 0 saturated carbocycles. The second-order valence-corrected chi connectivity index (χ2v) is 4.88. The molecule has 2 rings (SSSR count). The molecule has 0 saturated heterocycles. The van der Waals surface area contributed by atoms with Gasteiger partial charge in [0, 0.05) is 14.6 Å². The molecule has 0 N–H and O–H groups in total. The van der Waals surface area contributed by atoms with E-state index in [0.29, 0.717) is 4.47 Å². The van der Waals surface area contributed by atoms with Gasteiger partial charge in [-0.15, -0.1) is 11.3 Å². The summed E-state index contributed by atoms with van der Waals surface area (Å²) in [7, 11) is 0. The van der Waals surface area contributed by atoms with Gasteiger partial charge >= 0.3 is 0 Å². The van der Waals surface area contributed by atoms with Gasteiger partial charge in [0.15, 0.2) is 0 Å². The summed E-state index contributed by atoms with van der Waals surface area (Å²) in [6.45, 7) is 1.93. The zero-order valence-electron chi connectivity index (χ0n) is 7.35. The molecule has 1 aromatic carbocycles. The van der Waals surface area contributed by atoms with Crippen molar-refractivity contribution in [1.82, 2.24) is 0 Å². The highest BCUT2D eigenvalue weighted by Gasteiger charge is 2.18. The molecule has 0 amide bonds. The van der Waals surface area contributed by atoms with Crippen LogP contribution in [-0.2, 0) is 0 Å². The van der Waals surface area contributed by atoms with Gasteiger partial charge in [0.05, 0.1) is 4.88 Å². The molecule has 0 unspecified atom stereocenters. The number of hydrogen-bond acceptors (Lipinski definition) is 1. The van der Waals surface area contributed by atoms with Crippen LogP contribution in [-0.4, -0.2) is 0 Å². The fourth-order valence-electron chi connectivity index (χ4n) is 1.39. The Labute approximate surface area is 92.7 Å². The van der Waals surface area contributed by atoms with Crippen LogP contribution in [0.5, 0.6) is 0 Å². The minimum atomic E-state index is -2.40. The van der Waals surface area contributed by atoms with Gasteiger partial charge in [-0.25, -0.2) is 8.78 Å². The van der Waals surface area contributed by atoms with Crippen LogP contribution in [0, 0.1) is 6.92 Å². The maximum atomic E-state index is 12.6. The number of fused-ring (bicyclic) bond motifs is 1. The summed E-state index contributed by atoms with van der Waals surface area (Å²) in [5.41, 5.74) is 1.04. The van der Waals surface area contributed by atoms with E-state index in [4.69, 9.17) is 0 Å². The summed E-state index contributed by atoms with van der Waals surface area (Å²) in [5, 5.41) is 0.880. The van der Waals surface area contributed by atoms with Crippen LogP contribution >= 0.6 is 27.3 Å². The lowest BCUT2D eigenvalue weighted by Gasteiger charge is -1.94. The van der Waals surface area contributed by atoms with E-state index in [2.05, 4.69) is 15.9 Å². The Balaban J connectivity index is 2.80. The second-order valence-electron chi connectivity index (χ2n) is 3.03. The van der Waals surface area contributed by atoms with Crippen molar-refractivity contribution < 1.29 is 8.78 Å². The predicted octanol–water partition coefficient (Wildman–Crippen LogP) is 4.91. The van der Waals surface area contributed by atoms with Gasteiger partial charge in [0.1, 0.15) is 0 Å². The van der Waals surface area contributed by atoms with Gasteiger partial charge in [-0.3, -0.25) is 0 Å². The van der Waals surface area contributed by atoms with Gasteiger partial charge in [0.25, 0.3) is 6.43 Å². The minimum Gasteiger partial charge on any atom is -0.204 e. The Morgan fingerprint density at radius 1 is 1.36 bits per heavy atom. The van der Waals surface area contributed by atoms with Crippen molar-refractivity contribution in [3.05, 3.63) is 33.1 Å². The van der Waals surface area contributed by atoms with Crippen LogP contribution in [0.1, 0.15) is 16.9 Å². The quantitative estimate of drug-likeness (QED) is 0.694. The van der Waals surface area contributed by atoms with Crippen molar-refractivity contribution in [2.45, 2.75) is 13.3 Å². The topological polar surface area (TPSA) is 0 Å². The van der Waals surface area contributed by atoms with Crippen LogP contribution in [0.4, 0.5) is 8.78 Å². The molecule has 0 nitrogen and oxygen atoms in total. The minimum absolute atomic E-state index is 0.120. The number of halogens is 3. The third-order valence-electron chi connectivity index (χ3n) is 2.07. The van der Waals surface area contributed by atoms with E-state index in [-0.39, 0.29) is 4.88 Å². The average Bonchev–Trinajstić information content (AvgIpc) is 2.46. The summed E-state index contributed by atoms with van der Waals surface area (Å²) >= 11 is 4.38. The molecule has 0 aliphatic rings. The fourth-order valence-corrected chi connectivity index (χ4v) is 3.28. The number of thiophene rings is 1. The van der Waals surface area contributed by atoms with Crippen molar-refractivity contribution in [3.63, 3.8) is 0 Å². The number of benzene rings is 1. The van der Waals surface area contributed by atoms with E-state index in [1.165, 1.54) is 0 Å². The molecule has 1 heterocycles. The lowest BCUT2D eigenvalue weighted by Crippen LogP contribution is -1.76. The summed E-state index contributed by atoms with van der Waals surface area (Å²) in [4.78, 5) is 0.120. The Hall–Kier alpha value is -0.480. The van der Waals surface area contributed by atoms with Crippen molar-refractivity contribution >= 4 is 37.4 Å². The molecule has 0 bridgehead atoms.